The molecule has 0 bridgehead atoms. The van der Waals surface area contributed by atoms with E-state index in [2.05, 4.69) is 54.9 Å². The van der Waals surface area contributed by atoms with Gasteiger partial charge in [0, 0.05) is 23.5 Å². The molecule has 0 unspecified atom stereocenters. The molecule has 0 saturated carbocycles. The lowest BCUT2D eigenvalue weighted by Crippen LogP contribution is -2.34. The molecule has 0 atom stereocenters. The molecule has 3 aromatic rings. The minimum Gasteiger partial charge on any atom is -0.406 e. The average molecular weight is 553 g/mol. The lowest BCUT2D eigenvalue weighted by Gasteiger charge is -2.30. The maximum Gasteiger partial charge on any atom is 0.573 e. The molecule has 1 aliphatic heterocycles. The first-order valence-corrected chi connectivity index (χ1v) is 13.2. The monoisotopic (exact) mass is 552 g/mol. The van der Waals surface area contributed by atoms with Crippen molar-refractivity contribution >= 4 is 46.7 Å². The standard InChI is InChI=1S/C28H27F3N6OS/c1-2-21-6-3-4-7-25(21)37-16-5-17-39-27(37)36-35-18-20-8-10-22(11-9-20)26(32)34-19-33-23-12-14-24(15-13-23)38-28(29,30)31/h3-4,6-15,18-19H,2,5,16-17H2,1H3,(H2,32,33,34)/b35-18-,36-27+. The number of rotatable bonds is 8. The van der Waals surface area contributed by atoms with E-state index in [1.807, 2.05) is 30.3 Å². The molecule has 0 aromatic heterocycles. The van der Waals surface area contributed by atoms with E-state index in [1.165, 1.54) is 41.9 Å². The van der Waals surface area contributed by atoms with Gasteiger partial charge in [0.15, 0.2) is 5.17 Å². The zero-order chi connectivity index (χ0) is 27.7. The number of benzene rings is 3. The maximum absolute atomic E-state index is 12.3. The van der Waals surface area contributed by atoms with Gasteiger partial charge in [-0.3, -0.25) is 0 Å². The van der Waals surface area contributed by atoms with E-state index in [0.29, 0.717) is 11.3 Å². The number of alkyl halides is 3. The van der Waals surface area contributed by atoms with Gasteiger partial charge in [0.25, 0.3) is 0 Å². The summed E-state index contributed by atoms with van der Waals surface area (Å²) in [7, 11) is 0. The minimum absolute atomic E-state index is 0.239. The number of halogens is 3. The van der Waals surface area contributed by atoms with Crippen LogP contribution in [0.2, 0.25) is 0 Å². The smallest absolute Gasteiger partial charge is 0.406 e. The quantitative estimate of drug-likeness (QED) is 0.195. The first-order valence-electron chi connectivity index (χ1n) is 12.2. The van der Waals surface area contributed by atoms with Crippen molar-refractivity contribution in [2.45, 2.75) is 26.1 Å². The van der Waals surface area contributed by atoms with E-state index in [4.69, 9.17) is 5.73 Å². The summed E-state index contributed by atoms with van der Waals surface area (Å²) in [5.41, 5.74) is 10.4. The molecular weight excluding hydrogens is 525 g/mol. The van der Waals surface area contributed by atoms with E-state index >= 15 is 0 Å². The highest BCUT2D eigenvalue weighted by Gasteiger charge is 2.30. The zero-order valence-corrected chi connectivity index (χ0v) is 22.0. The Morgan fingerprint density at radius 3 is 2.51 bits per heavy atom. The molecule has 11 heteroatoms. The third kappa shape index (κ3) is 8.18. The molecule has 7 nitrogen and oxygen atoms in total. The second kappa shape index (κ2) is 13.1. The summed E-state index contributed by atoms with van der Waals surface area (Å²) in [6.07, 6.45) is 0.229. The van der Waals surface area contributed by atoms with Gasteiger partial charge in [0.05, 0.1) is 11.9 Å². The summed E-state index contributed by atoms with van der Waals surface area (Å²) in [6.45, 7) is 3.06. The van der Waals surface area contributed by atoms with Crippen molar-refractivity contribution in [3.63, 3.8) is 0 Å². The van der Waals surface area contributed by atoms with Crippen molar-refractivity contribution in [3.05, 3.63) is 89.5 Å². The first kappa shape index (κ1) is 27.9. The lowest BCUT2D eigenvalue weighted by molar-refractivity contribution is -0.274. The normalized spacial score (nSPS) is 15.9. The summed E-state index contributed by atoms with van der Waals surface area (Å²) >= 11 is 1.70. The van der Waals surface area contributed by atoms with Crippen LogP contribution in [0.3, 0.4) is 0 Å². The fraction of sp³-hybridized carbons (Fsp3) is 0.214. The van der Waals surface area contributed by atoms with Crippen LogP contribution >= 0.6 is 11.8 Å². The second-order valence-electron chi connectivity index (χ2n) is 8.39. The van der Waals surface area contributed by atoms with Gasteiger partial charge in [-0.15, -0.1) is 18.3 Å². The van der Waals surface area contributed by atoms with Crippen molar-refractivity contribution < 1.29 is 17.9 Å². The van der Waals surface area contributed by atoms with Gasteiger partial charge in [-0.05, 0) is 54.3 Å². The Balaban J connectivity index is 1.38. The van der Waals surface area contributed by atoms with Gasteiger partial charge < -0.3 is 15.4 Å². The Labute approximate surface area is 229 Å². The molecule has 1 heterocycles. The highest BCUT2D eigenvalue weighted by atomic mass is 32.2. The third-order valence-electron chi connectivity index (χ3n) is 5.68. The van der Waals surface area contributed by atoms with Gasteiger partial charge in [-0.1, -0.05) is 61.2 Å². The van der Waals surface area contributed by atoms with Crippen LogP contribution in [0.5, 0.6) is 5.75 Å². The van der Waals surface area contributed by atoms with Crippen molar-refractivity contribution in [3.8, 4) is 5.75 Å². The van der Waals surface area contributed by atoms with Crippen molar-refractivity contribution in [1.82, 2.24) is 0 Å². The van der Waals surface area contributed by atoms with Crippen LogP contribution in [0.15, 0.2) is 93.0 Å². The number of thioether (sulfide) groups is 1. The molecule has 2 N–H and O–H groups in total. The lowest BCUT2D eigenvalue weighted by atomic mass is 10.1. The van der Waals surface area contributed by atoms with Crippen LogP contribution in [0.1, 0.15) is 30.0 Å². The second-order valence-corrected chi connectivity index (χ2v) is 9.45. The van der Waals surface area contributed by atoms with Gasteiger partial charge in [-0.25, -0.2) is 9.98 Å². The number of para-hydroxylation sites is 1. The van der Waals surface area contributed by atoms with Gasteiger partial charge >= 0.3 is 6.36 Å². The van der Waals surface area contributed by atoms with Gasteiger partial charge in [0.1, 0.15) is 17.9 Å². The van der Waals surface area contributed by atoms with Crippen LogP contribution in [0.25, 0.3) is 0 Å². The molecule has 0 aliphatic carbocycles. The fourth-order valence-electron chi connectivity index (χ4n) is 3.79. The Morgan fingerprint density at radius 2 is 1.79 bits per heavy atom. The van der Waals surface area contributed by atoms with E-state index < -0.39 is 6.36 Å². The molecule has 3 aromatic carbocycles. The van der Waals surface area contributed by atoms with Crippen LogP contribution in [0.4, 0.5) is 24.5 Å². The number of aryl methyl sites for hydroxylation is 1. The summed E-state index contributed by atoms with van der Waals surface area (Å²) < 4.78 is 40.6. The largest absolute Gasteiger partial charge is 0.573 e. The predicted molar refractivity (Wildman–Crippen MR) is 154 cm³/mol. The van der Waals surface area contributed by atoms with Gasteiger partial charge in [0.2, 0.25) is 0 Å². The Morgan fingerprint density at radius 1 is 1.05 bits per heavy atom. The van der Waals surface area contributed by atoms with Crippen LogP contribution in [-0.2, 0) is 6.42 Å². The average Bonchev–Trinajstić information content (AvgIpc) is 2.94. The number of amidine groups is 2. The molecule has 0 radical (unpaired) electrons. The molecule has 0 amide bonds. The minimum atomic E-state index is -4.74. The number of anilines is 1. The summed E-state index contributed by atoms with van der Waals surface area (Å²) in [6, 6.07) is 20.8. The highest BCUT2D eigenvalue weighted by molar-refractivity contribution is 8.14. The van der Waals surface area contributed by atoms with Crippen LogP contribution in [0, 0.1) is 0 Å². The topological polar surface area (TPSA) is 87.9 Å². The van der Waals surface area contributed by atoms with Crippen LogP contribution < -0.4 is 15.4 Å². The third-order valence-corrected chi connectivity index (χ3v) is 6.73. The van der Waals surface area contributed by atoms with Crippen LogP contribution in [-0.4, -0.2) is 42.2 Å². The maximum atomic E-state index is 12.3. The van der Waals surface area contributed by atoms with E-state index in [0.717, 1.165) is 35.9 Å². The Bertz CT molecular complexity index is 1370. The number of ether oxygens (including phenoxy) is 1. The number of aliphatic imine (C=N–C) groups is 2. The number of nitrogens with two attached hydrogens (primary N) is 1. The van der Waals surface area contributed by atoms with Crippen molar-refractivity contribution in [1.29, 1.82) is 0 Å². The van der Waals surface area contributed by atoms with Crippen molar-refractivity contribution in [2.24, 2.45) is 25.9 Å². The fourth-order valence-corrected chi connectivity index (χ4v) is 4.70. The molecular formula is C28H27F3N6OS. The van der Waals surface area contributed by atoms with Gasteiger partial charge in [-0.2, -0.15) is 5.10 Å². The Hall–Kier alpha value is -4.12. The van der Waals surface area contributed by atoms with E-state index in [9.17, 15) is 13.2 Å². The molecule has 4 rings (SSSR count). The number of nitrogens with zero attached hydrogens (tertiary/aromatic N) is 5. The van der Waals surface area contributed by atoms with E-state index in [-0.39, 0.29) is 11.6 Å². The SMILES string of the molecule is CCc1ccccc1N1CCCS/C1=N/N=C\c1ccc(C(N)=NC=Nc2ccc(OC(F)(F)F)cc2)cc1. The van der Waals surface area contributed by atoms with E-state index in [1.54, 1.807) is 18.0 Å². The highest BCUT2D eigenvalue weighted by Crippen LogP contribution is 2.28. The Kier molecular flexibility index (Phi) is 9.37. The number of hydrogen-bond donors (Lipinski definition) is 1. The molecule has 1 aliphatic rings. The molecule has 39 heavy (non-hydrogen) atoms. The first-order chi connectivity index (χ1) is 18.8. The summed E-state index contributed by atoms with van der Waals surface area (Å²) in [5, 5.41) is 9.72. The number of hydrogen-bond acceptors (Lipinski definition) is 5. The molecule has 1 fully saturated rings. The zero-order valence-electron chi connectivity index (χ0n) is 21.2. The summed E-state index contributed by atoms with van der Waals surface area (Å²) in [5.74, 6) is 0.924. The predicted octanol–water partition coefficient (Wildman–Crippen LogP) is 6.55. The summed E-state index contributed by atoms with van der Waals surface area (Å²) in [4.78, 5) is 10.4. The molecule has 202 valence electrons. The molecule has 0 spiro atoms. The molecule has 1 saturated heterocycles. The van der Waals surface area contributed by atoms with Crippen molar-refractivity contribution in [2.75, 3.05) is 17.2 Å².